The molecule has 2 aliphatic heterocycles. The number of carbonyl (C=O) groups excluding carboxylic acids is 1. The summed E-state index contributed by atoms with van der Waals surface area (Å²) in [7, 11) is 4.76. The van der Waals surface area contributed by atoms with E-state index in [9.17, 15) is 9.90 Å². The maximum atomic E-state index is 15.8. The summed E-state index contributed by atoms with van der Waals surface area (Å²) < 4.78 is 77.8. The number of carbonyl (C=O) groups is 1. The van der Waals surface area contributed by atoms with E-state index in [2.05, 4.69) is 23.6 Å². The number of fused-ring (bicyclic) bond motifs is 8. The molecule has 1 N–H and O–H groups in total. The summed E-state index contributed by atoms with van der Waals surface area (Å²) in [5.74, 6) is 3.65. The zero-order chi connectivity index (χ0) is 52.5. The molecule has 1 saturated heterocycles. The first kappa shape index (κ1) is 51.8. The predicted octanol–water partition coefficient (Wildman–Crippen LogP) is 14.4. The third kappa shape index (κ3) is 9.68. The SMILES string of the molecule is CCCCCCCCC(C)C1CCC(C(=O)Oc2ccc(N3CCN(c4cc5c6c(c7c(c5cc4OC)OC(c4ccc(OC)cc4)(c4ccc(OC)cc4)C=C7)C(O)(C(F)(F)F)c4ccccc4-6)CC3)cc2)CC1. The number of nitrogens with zero attached hydrogens (tertiary/aromatic N) is 2. The van der Waals surface area contributed by atoms with Gasteiger partial charge in [-0.25, -0.2) is 0 Å². The highest BCUT2D eigenvalue weighted by atomic mass is 19.4. The van der Waals surface area contributed by atoms with Crippen molar-refractivity contribution in [2.24, 2.45) is 17.8 Å². The summed E-state index contributed by atoms with van der Waals surface area (Å²) >= 11 is 0. The standard InChI is InChI=1S/C63H69F3N2O7/c1-6-7-8-9-10-11-14-41(2)42-17-19-43(20-18-42)60(69)74-49-31-25-46(26-32-49)67-35-37-68(38-36-67)55-39-52-53(40-56(55)73-5)59-51(58-57(52)50-15-12-13-16-54(50)62(58,70)63(64,65)66)33-34-61(75-59,44-21-27-47(71-3)28-22-44)45-23-29-48(72-4)30-24-45/h12-13,15-16,21-34,39-43,70H,6-11,14,17-20,35-38H2,1-5H3. The third-order valence-corrected chi connectivity index (χ3v) is 16.7. The number of hydrogen-bond acceptors (Lipinski definition) is 9. The second kappa shape index (κ2) is 21.5. The molecule has 12 heteroatoms. The fourth-order valence-electron chi connectivity index (χ4n) is 12.4. The average molecular weight is 1020 g/mol. The zero-order valence-corrected chi connectivity index (χ0v) is 43.8. The van der Waals surface area contributed by atoms with Crippen LogP contribution in [0.2, 0.25) is 0 Å². The zero-order valence-electron chi connectivity index (χ0n) is 43.8. The summed E-state index contributed by atoms with van der Waals surface area (Å²) in [5, 5.41) is 13.4. The molecule has 0 amide bonds. The van der Waals surface area contributed by atoms with E-state index in [0.29, 0.717) is 99.7 Å². The van der Waals surface area contributed by atoms with Crippen molar-refractivity contribution in [3.05, 3.63) is 143 Å². The van der Waals surface area contributed by atoms with Gasteiger partial charge >= 0.3 is 12.1 Å². The van der Waals surface area contributed by atoms with E-state index in [4.69, 9.17) is 23.7 Å². The number of hydrogen-bond donors (Lipinski definition) is 1. The van der Waals surface area contributed by atoms with Crippen molar-refractivity contribution in [2.75, 3.05) is 57.3 Å². The number of piperazine rings is 1. The molecule has 2 unspecified atom stereocenters. The van der Waals surface area contributed by atoms with Gasteiger partial charge in [0.05, 0.1) is 32.9 Å². The van der Waals surface area contributed by atoms with Crippen LogP contribution in [-0.2, 0) is 16.0 Å². The predicted molar refractivity (Wildman–Crippen MR) is 291 cm³/mol. The lowest BCUT2D eigenvalue weighted by Gasteiger charge is -2.39. The van der Waals surface area contributed by atoms with E-state index in [-0.39, 0.29) is 34.3 Å². The van der Waals surface area contributed by atoms with E-state index in [1.807, 2.05) is 84.9 Å². The lowest BCUT2D eigenvalue weighted by atomic mass is 9.75. The van der Waals surface area contributed by atoms with Crippen molar-refractivity contribution in [2.45, 2.75) is 102 Å². The number of esters is 1. The van der Waals surface area contributed by atoms with Crippen LogP contribution in [0, 0.1) is 17.8 Å². The Balaban J connectivity index is 0.917. The summed E-state index contributed by atoms with van der Waals surface area (Å²) in [6.07, 6.45) is 11.4. The smallest absolute Gasteiger partial charge is 0.425 e. The minimum absolute atomic E-state index is 0.0731. The Morgan fingerprint density at radius 3 is 1.95 bits per heavy atom. The number of methoxy groups -OCH3 is 3. The molecule has 6 aromatic rings. The van der Waals surface area contributed by atoms with Gasteiger partial charge in [0.25, 0.3) is 0 Å². The van der Waals surface area contributed by atoms with Crippen LogP contribution in [0.25, 0.3) is 28.0 Å². The van der Waals surface area contributed by atoms with Gasteiger partial charge in [0.15, 0.2) is 5.60 Å². The van der Waals surface area contributed by atoms with Crippen LogP contribution in [0.1, 0.15) is 112 Å². The van der Waals surface area contributed by atoms with Crippen molar-refractivity contribution in [3.63, 3.8) is 0 Å². The molecule has 2 heterocycles. The van der Waals surface area contributed by atoms with Crippen molar-refractivity contribution in [1.82, 2.24) is 0 Å². The number of anilines is 2. The van der Waals surface area contributed by atoms with E-state index in [1.54, 1.807) is 45.6 Å². The van der Waals surface area contributed by atoms with Gasteiger partial charge in [0, 0.05) is 65.1 Å². The molecular formula is C63H69F3N2O7. The maximum absolute atomic E-state index is 15.8. The van der Waals surface area contributed by atoms with E-state index in [1.165, 1.54) is 57.1 Å². The normalized spacial score (nSPS) is 20.2. The van der Waals surface area contributed by atoms with Crippen LogP contribution >= 0.6 is 0 Å². The van der Waals surface area contributed by atoms with Gasteiger partial charge in [-0.15, -0.1) is 0 Å². The van der Waals surface area contributed by atoms with Gasteiger partial charge < -0.3 is 38.6 Å². The Bertz CT molecular complexity index is 2970. The lowest BCUT2D eigenvalue weighted by molar-refractivity contribution is -0.246. The molecule has 0 radical (unpaired) electrons. The highest BCUT2D eigenvalue weighted by Crippen LogP contribution is 2.62. The highest BCUT2D eigenvalue weighted by Gasteiger charge is 2.62. The molecule has 0 bridgehead atoms. The molecule has 2 aliphatic carbocycles. The highest BCUT2D eigenvalue weighted by molar-refractivity contribution is 6.10. The first-order valence-electron chi connectivity index (χ1n) is 26.9. The molecule has 394 valence electrons. The Kier molecular flexibility index (Phi) is 14.9. The molecule has 4 aliphatic rings. The molecule has 0 spiro atoms. The maximum Gasteiger partial charge on any atom is 0.425 e. The molecule has 2 atom stereocenters. The van der Waals surface area contributed by atoms with Gasteiger partial charge in [0.1, 0.15) is 28.7 Å². The third-order valence-electron chi connectivity index (χ3n) is 16.7. The van der Waals surface area contributed by atoms with Crippen molar-refractivity contribution >= 4 is 34.2 Å². The Hall–Kier alpha value is -6.66. The topological polar surface area (TPSA) is 89.9 Å². The number of halogens is 3. The molecule has 75 heavy (non-hydrogen) atoms. The van der Waals surface area contributed by atoms with Crippen LogP contribution in [0.3, 0.4) is 0 Å². The molecule has 10 rings (SSSR count). The number of rotatable bonds is 17. The number of benzene rings is 6. The van der Waals surface area contributed by atoms with E-state index >= 15 is 13.2 Å². The Labute approximate surface area is 439 Å². The van der Waals surface area contributed by atoms with Crippen molar-refractivity contribution < 1.29 is 46.8 Å². The second-order valence-corrected chi connectivity index (χ2v) is 21.0. The minimum Gasteiger partial charge on any atom is -0.497 e. The van der Waals surface area contributed by atoms with Crippen LogP contribution in [0.5, 0.6) is 28.7 Å². The first-order chi connectivity index (χ1) is 36.3. The number of ether oxygens (including phenoxy) is 5. The van der Waals surface area contributed by atoms with Gasteiger partial charge in [0.2, 0.25) is 5.60 Å². The van der Waals surface area contributed by atoms with Crippen LogP contribution in [-0.4, -0.2) is 64.8 Å². The summed E-state index contributed by atoms with van der Waals surface area (Å²) in [5.41, 5.74) is -1.39. The number of unbranched alkanes of at least 4 members (excludes halogenated alkanes) is 5. The molecular weight excluding hydrogens is 954 g/mol. The summed E-state index contributed by atoms with van der Waals surface area (Å²) in [6.45, 7) is 7.08. The van der Waals surface area contributed by atoms with Crippen LogP contribution < -0.4 is 33.5 Å². The van der Waals surface area contributed by atoms with Crippen LogP contribution in [0.4, 0.5) is 24.5 Å². The fraction of sp³-hybridized carbons (Fsp3) is 0.413. The second-order valence-electron chi connectivity index (χ2n) is 21.0. The largest absolute Gasteiger partial charge is 0.497 e. The molecule has 0 aromatic heterocycles. The van der Waals surface area contributed by atoms with Gasteiger partial charge in [-0.05, 0) is 121 Å². The monoisotopic (exact) mass is 1020 g/mol. The van der Waals surface area contributed by atoms with Gasteiger partial charge in [-0.3, -0.25) is 4.79 Å². The van der Waals surface area contributed by atoms with Crippen molar-refractivity contribution in [3.8, 4) is 39.9 Å². The number of alkyl halides is 3. The molecule has 9 nitrogen and oxygen atoms in total. The number of aliphatic hydroxyl groups is 1. The van der Waals surface area contributed by atoms with Crippen molar-refractivity contribution in [1.29, 1.82) is 0 Å². The molecule has 6 aromatic carbocycles. The van der Waals surface area contributed by atoms with E-state index < -0.39 is 17.4 Å². The summed E-state index contributed by atoms with van der Waals surface area (Å²) in [4.78, 5) is 17.8. The average Bonchev–Trinajstić information content (AvgIpc) is 3.73. The Morgan fingerprint density at radius 1 is 0.733 bits per heavy atom. The van der Waals surface area contributed by atoms with Crippen LogP contribution in [0.15, 0.2) is 115 Å². The van der Waals surface area contributed by atoms with Gasteiger partial charge in [-0.2, -0.15) is 13.2 Å². The quantitative estimate of drug-likeness (QED) is 0.0545. The molecule has 2 fully saturated rings. The van der Waals surface area contributed by atoms with E-state index in [0.717, 1.165) is 31.4 Å². The minimum atomic E-state index is -5.10. The van der Waals surface area contributed by atoms with Gasteiger partial charge in [-0.1, -0.05) is 113 Å². The fourth-order valence-corrected chi connectivity index (χ4v) is 12.4. The first-order valence-corrected chi connectivity index (χ1v) is 26.9. The Morgan fingerprint density at radius 2 is 1.33 bits per heavy atom. The molecule has 1 saturated carbocycles. The summed E-state index contributed by atoms with van der Waals surface area (Å²) in [6, 6.07) is 32.5. The lowest BCUT2D eigenvalue weighted by Crippen LogP contribution is -2.46.